The van der Waals surface area contributed by atoms with Crippen LogP contribution in [0.5, 0.6) is 5.75 Å². The number of amides is 1. The standard InChI is InChI=1S/C16H13BrN4O2/c17-12-1-3-14(4-2-12)23-11-21-10-7-15(20-21)16(22)19-13-5-8-18-9-6-13/h1-10H,11H2,(H,18,19,22). The van der Waals surface area contributed by atoms with Crippen molar-refractivity contribution in [1.82, 2.24) is 14.8 Å². The number of hydrogen-bond acceptors (Lipinski definition) is 4. The Morgan fingerprint density at radius 2 is 1.87 bits per heavy atom. The van der Waals surface area contributed by atoms with E-state index in [1.165, 1.54) is 0 Å². The highest BCUT2D eigenvalue weighted by molar-refractivity contribution is 9.10. The van der Waals surface area contributed by atoms with Gasteiger partial charge in [0.1, 0.15) is 5.75 Å². The molecule has 3 aromatic rings. The fraction of sp³-hybridized carbons (Fsp3) is 0.0625. The first kappa shape index (κ1) is 15.2. The molecule has 0 unspecified atom stereocenters. The van der Waals surface area contributed by atoms with Crippen LogP contribution in [0.4, 0.5) is 5.69 Å². The van der Waals surface area contributed by atoms with Crippen molar-refractivity contribution in [3.63, 3.8) is 0 Å². The van der Waals surface area contributed by atoms with Crippen LogP contribution in [0.1, 0.15) is 10.5 Å². The third-order valence-electron chi connectivity index (χ3n) is 2.99. The average Bonchev–Trinajstić information content (AvgIpc) is 3.04. The zero-order chi connectivity index (χ0) is 16.1. The molecule has 0 spiro atoms. The van der Waals surface area contributed by atoms with Gasteiger partial charge in [-0.3, -0.25) is 9.78 Å². The van der Waals surface area contributed by atoms with Crippen LogP contribution in [0.25, 0.3) is 0 Å². The molecular weight excluding hydrogens is 360 g/mol. The molecule has 0 atom stereocenters. The van der Waals surface area contributed by atoms with Gasteiger partial charge in [-0.2, -0.15) is 5.10 Å². The summed E-state index contributed by atoms with van der Waals surface area (Å²) >= 11 is 3.37. The highest BCUT2D eigenvalue weighted by atomic mass is 79.9. The second-order valence-corrected chi connectivity index (χ2v) is 5.57. The molecule has 0 bridgehead atoms. The van der Waals surface area contributed by atoms with Crippen LogP contribution >= 0.6 is 15.9 Å². The van der Waals surface area contributed by atoms with E-state index in [4.69, 9.17) is 4.74 Å². The lowest BCUT2D eigenvalue weighted by Gasteiger charge is -2.06. The van der Waals surface area contributed by atoms with E-state index in [-0.39, 0.29) is 12.6 Å². The molecule has 3 rings (SSSR count). The third-order valence-corrected chi connectivity index (χ3v) is 3.52. The number of hydrogen-bond donors (Lipinski definition) is 1. The first-order valence-corrected chi connectivity index (χ1v) is 7.63. The number of carbonyl (C=O) groups excluding carboxylic acids is 1. The van der Waals surface area contributed by atoms with Gasteiger partial charge in [-0.05, 0) is 42.5 Å². The molecule has 0 aliphatic rings. The van der Waals surface area contributed by atoms with E-state index in [9.17, 15) is 4.79 Å². The van der Waals surface area contributed by atoms with Crippen molar-refractivity contribution in [2.45, 2.75) is 6.73 Å². The summed E-state index contributed by atoms with van der Waals surface area (Å²) in [5.41, 5.74) is 0.992. The Hall–Kier alpha value is -2.67. The van der Waals surface area contributed by atoms with Gasteiger partial charge in [0, 0.05) is 28.8 Å². The number of aromatic nitrogens is 3. The molecule has 1 N–H and O–H groups in total. The van der Waals surface area contributed by atoms with E-state index >= 15 is 0 Å². The summed E-state index contributed by atoms with van der Waals surface area (Å²) in [5, 5.41) is 6.94. The molecular formula is C16H13BrN4O2. The maximum Gasteiger partial charge on any atom is 0.276 e. The number of carbonyl (C=O) groups is 1. The molecule has 2 aromatic heterocycles. The Bertz CT molecular complexity index is 787. The number of anilines is 1. The zero-order valence-corrected chi connectivity index (χ0v) is 13.6. The van der Waals surface area contributed by atoms with Crippen molar-refractivity contribution in [2.24, 2.45) is 0 Å². The summed E-state index contributed by atoms with van der Waals surface area (Å²) in [6.45, 7) is 0.226. The average molecular weight is 373 g/mol. The topological polar surface area (TPSA) is 69.0 Å². The van der Waals surface area contributed by atoms with Crippen molar-refractivity contribution in [3.8, 4) is 5.75 Å². The third kappa shape index (κ3) is 4.17. The number of benzene rings is 1. The molecule has 0 fully saturated rings. The number of pyridine rings is 1. The lowest BCUT2D eigenvalue weighted by molar-refractivity contribution is 0.102. The van der Waals surface area contributed by atoms with Gasteiger partial charge in [-0.15, -0.1) is 0 Å². The van der Waals surface area contributed by atoms with Crippen molar-refractivity contribution in [1.29, 1.82) is 0 Å². The molecule has 7 heteroatoms. The number of nitrogens with zero attached hydrogens (tertiary/aromatic N) is 3. The van der Waals surface area contributed by atoms with Crippen LogP contribution in [0, 0.1) is 0 Å². The molecule has 0 aliphatic heterocycles. The fourth-order valence-electron chi connectivity index (χ4n) is 1.86. The molecule has 23 heavy (non-hydrogen) atoms. The minimum absolute atomic E-state index is 0.226. The Balaban J connectivity index is 1.59. The van der Waals surface area contributed by atoms with E-state index in [0.717, 1.165) is 10.2 Å². The summed E-state index contributed by atoms with van der Waals surface area (Å²) in [7, 11) is 0. The predicted molar refractivity (Wildman–Crippen MR) is 89.2 cm³/mol. The van der Waals surface area contributed by atoms with Crippen LogP contribution in [0.3, 0.4) is 0 Å². The Morgan fingerprint density at radius 1 is 1.13 bits per heavy atom. The Kier molecular flexibility index (Phi) is 4.68. The lowest BCUT2D eigenvalue weighted by atomic mass is 10.3. The molecule has 0 radical (unpaired) electrons. The van der Waals surface area contributed by atoms with Crippen molar-refractivity contribution < 1.29 is 9.53 Å². The Morgan fingerprint density at radius 3 is 2.61 bits per heavy atom. The lowest BCUT2D eigenvalue weighted by Crippen LogP contribution is -2.14. The second-order valence-electron chi connectivity index (χ2n) is 4.66. The van der Waals surface area contributed by atoms with Crippen LogP contribution in [-0.2, 0) is 6.73 Å². The second kappa shape index (κ2) is 7.06. The fourth-order valence-corrected chi connectivity index (χ4v) is 2.12. The van der Waals surface area contributed by atoms with Gasteiger partial charge in [-0.1, -0.05) is 15.9 Å². The number of rotatable bonds is 5. The van der Waals surface area contributed by atoms with E-state index in [0.29, 0.717) is 11.4 Å². The maximum absolute atomic E-state index is 12.1. The van der Waals surface area contributed by atoms with Crippen LogP contribution < -0.4 is 10.1 Å². The van der Waals surface area contributed by atoms with E-state index in [2.05, 4.69) is 31.3 Å². The SMILES string of the molecule is O=C(Nc1ccncc1)c1ccn(COc2ccc(Br)cc2)n1. The van der Waals surface area contributed by atoms with Gasteiger partial charge in [0.25, 0.3) is 5.91 Å². The van der Waals surface area contributed by atoms with Crippen molar-refractivity contribution in [3.05, 3.63) is 71.2 Å². The van der Waals surface area contributed by atoms with Gasteiger partial charge in [0.2, 0.25) is 0 Å². The van der Waals surface area contributed by atoms with Crippen molar-refractivity contribution >= 4 is 27.5 Å². The highest BCUT2D eigenvalue weighted by Gasteiger charge is 2.09. The zero-order valence-electron chi connectivity index (χ0n) is 12.0. The highest BCUT2D eigenvalue weighted by Crippen LogP contribution is 2.16. The Labute approximate surface area is 141 Å². The minimum Gasteiger partial charge on any atom is -0.471 e. The van der Waals surface area contributed by atoms with Gasteiger partial charge in [0.15, 0.2) is 12.4 Å². The van der Waals surface area contributed by atoms with Crippen molar-refractivity contribution in [2.75, 3.05) is 5.32 Å². The molecule has 1 amide bonds. The van der Waals surface area contributed by atoms with Crippen LogP contribution in [-0.4, -0.2) is 20.7 Å². The molecule has 6 nitrogen and oxygen atoms in total. The first-order valence-electron chi connectivity index (χ1n) is 6.84. The summed E-state index contributed by atoms with van der Waals surface area (Å²) in [5.74, 6) is 0.449. The number of halogens is 1. The predicted octanol–water partition coefficient (Wildman–Crippen LogP) is 3.33. The first-order chi connectivity index (χ1) is 11.2. The molecule has 0 saturated carbocycles. The van der Waals surface area contributed by atoms with Crippen LogP contribution in [0.2, 0.25) is 0 Å². The smallest absolute Gasteiger partial charge is 0.276 e. The summed E-state index contributed by atoms with van der Waals surface area (Å²) in [4.78, 5) is 16.0. The maximum atomic E-state index is 12.1. The molecule has 2 heterocycles. The minimum atomic E-state index is -0.279. The molecule has 0 aliphatic carbocycles. The van der Waals surface area contributed by atoms with E-state index in [1.54, 1.807) is 41.5 Å². The quantitative estimate of drug-likeness (QED) is 0.745. The van der Waals surface area contributed by atoms with Crippen LogP contribution in [0.15, 0.2) is 65.5 Å². The number of nitrogens with one attached hydrogen (secondary N) is 1. The molecule has 0 saturated heterocycles. The van der Waals surface area contributed by atoms with E-state index in [1.807, 2.05) is 24.3 Å². The van der Waals surface area contributed by atoms with Gasteiger partial charge >= 0.3 is 0 Å². The normalized spacial score (nSPS) is 10.3. The van der Waals surface area contributed by atoms with Gasteiger partial charge in [0.05, 0.1) is 0 Å². The molecule has 1 aromatic carbocycles. The largest absolute Gasteiger partial charge is 0.471 e. The summed E-state index contributed by atoms with van der Waals surface area (Å²) in [6.07, 6.45) is 4.92. The molecule has 116 valence electrons. The van der Waals surface area contributed by atoms with Gasteiger partial charge < -0.3 is 10.1 Å². The number of ether oxygens (including phenoxy) is 1. The monoisotopic (exact) mass is 372 g/mol. The van der Waals surface area contributed by atoms with E-state index < -0.39 is 0 Å². The van der Waals surface area contributed by atoms with Gasteiger partial charge in [-0.25, -0.2) is 4.68 Å². The summed E-state index contributed by atoms with van der Waals surface area (Å²) < 4.78 is 8.14. The summed E-state index contributed by atoms with van der Waals surface area (Å²) in [6, 6.07) is 12.6.